The summed E-state index contributed by atoms with van der Waals surface area (Å²) in [5, 5.41) is 29.5. The number of halogens is 9. The third-order valence-corrected chi connectivity index (χ3v) is 6.63. The van der Waals surface area contributed by atoms with Crippen LogP contribution in [0, 0.1) is 6.92 Å². The summed E-state index contributed by atoms with van der Waals surface area (Å²) >= 11 is 0. The fourth-order valence-electron chi connectivity index (χ4n) is 4.04. The lowest BCUT2D eigenvalue weighted by atomic mass is 9.81. The van der Waals surface area contributed by atoms with Crippen LogP contribution in [0.1, 0.15) is 47.3 Å². The first kappa shape index (κ1) is 36.0. The highest BCUT2D eigenvalue weighted by atomic mass is 19.4. The number of aliphatic hydroxyl groups is 2. The molecule has 3 rings (SSSR count). The molecule has 0 saturated heterocycles. The molecule has 8 N–H and O–H groups in total. The first-order valence-electron chi connectivity index (χ1n) is 12.1. The van der Waals surface area contributed by atoms with Gasteiger partial charge in [-0.25, -0.2) is 14.8 Å². The Balaban J connectivity index is 0.000000860. The Bertz CT molecular complexity index is 1410. The highest BCUT2D eigenvalue weighted by Gasteiger charge is 2.60. The van der Waals surface area contributed by atoms with Crippen LogP contribution in [0.4, 0.5) is 45.3 Å². The van der Waals surface area contributed by atoms with Crippen LogP contribution in [-0.2, 0) is 15.2 Å². The van der Waals surface area contributed by atoms with Gasteiger partial charge in [-0.05, 0) is 44.2 Å². The van der Waals surface area contributed by atoms with Gasteiger partial charge in [-0.1, -0.05) is 12.1 Å². The molecule has 0 radical (unpaired) electrons. The molecule has 1 unspecified atom stereocenters. The number of benzene rings is 1. The van der Waals surface area contributed by atoms with Crippen molar-refractivity contribution in [3.8, 4) is 11.3 Å². The van der Waals surface area contributed by atoms with E-state index in [1.54, 1.807) is 0 Å². The molecular weight excluding hydrogens is 625 g/mol. The van der Waals surface area contributed by atoms with Crippen molar-refractivity contribution in [3.05, 3.63) is 41.2 Å². The van der Waals surface area contributed by atoms with Crippen molar-refractivity contribution in [1.29, 1.82) is 0 Å². The van der Waals surface area contributed by atoms with Gasteiger partial charge in [0.05, 0.1) is 11.9 Å². The summed E-state index contributed by atoms with van der Waals surface area (Å²) in [4.78, 5) is 41.1. The third-order valence-electron chi connectivity index (χ3n) is 6.63. The minimum atomic E-state index is -5.44. The fraction of sp³-hybridized carbons (Fsp3) is 0.458. The predicted molar refractivity (Wildman–Crippen MR) is 130 cm³/mol. The number of nitrogens with two attached hydrogens (primary N) is 2. The summed E-state index contributed by atoms with van der Waals surface area (Å²) in [6, 6.07) is 2.13. The Morgan fingerprint density at radius 3 is 1.98 bits per heavy atom. The number of nitrogens with one attached hydrogen (secondary N) is 1. The number of alkyl halides is 9. The predicted octanol–water partition coefficient (Wildman–Crippen LogP) is 2.87. The first-order chi connectivity index (χ1) is 19.8. The van der Waals surface area contributed by atoms with Gasteiger partial charge >= 0.3 is 24.5 Å². The molecule has 0 aliphatic heterocycles. The van der Waals surface area contributed by atoms with Crippen LogP contribution in [0.25, 0.3) is 11.3 Å². The number of carboxylic acid groups (broad SMARTS) is 1. The van der Waals surface area contributed by atoms with Crippen LogP contribution in [0.2, 0.25) is 0 Å². The fourth-order valence-corrected chi connectivity index (χ4v) is 4.04. The minimum absolute atomic E-state index is 0.0316. The monoisotopic (exact) mass is 649 g/mol. The molecule has 1 heterocycles. The van der Waals surface area contributed by atoms with Gasteiger partial charge in [0.25, 0.3) is 17.4 Å². The number of carbonyl (C=O) groups is 3. The van der Waals surface area contributed by atoms with E-state index in [4.69, 9.17) is 21.4 Å². The van der Waals surface area contributed by atoms with Crippen LogP contribution in [0.15, 0.2) is 24.4 Å². The molecule has 44 heavy (non-hydrogen) atoms. The van der Waals surface area contributed by atoms with Gasteiger partial charge in [-0.3, -0.25) is 9.59 Å². The van der Waals surface area contributed by atoms with Gasteiger partial charge in [0.1, 0.15) is 0 Å². The quantitative estimate of drug-likeness (QED) is 0.264. The molecule has 1 atom stereocenters. The molecule has 20 heteroatoms. The molecule has 1 fully saturated rings. The molecule has 1 saturated carbocycles. The maximum absolute atomic E-state index is 13.5. The number of nitrogen functional groups attached to an aromatic ring is 1. The lowest BCUT2D eigenvalue weighted by molar-refractivity contribution is -0.270. The van der Waals surface area contributed by atoms with Crippen LogP contribution < -0.4 is 16.8 Å². The van der Waals surface area contributed by atoms with Gasteiger partial charge in [0, 0.05) is 17.2 Å². The lowest BCUT2D eigenvalue weighted by Crippen LogP contribution is -2.52. The van der Waals surface area contributed by atoms with Crippen LogP contribution in [-0.4, -0.2) is 73.2 Å². The van der Waals surface area contributed by atoms with E-state index < -0.39 is 77.7 Å². The number of aryl methyl sites for hydroxylation is 1. The van der Waals surface area contributed by atoms with Gasteiger partial charge < -0.3 is 32.1 Å². The summed E-state index contributed by atoms with van der Waals surface area (Å²) in [6.45, 7) is 1.48. The SMILES string of the molecule is Cc1ccc(C(O)(C(N)=O)C(F)(F)F)cc1-c1cnc(N)c(C(=O)NC2CCC(O)(C(F)(F)F)CC2)n1.O=C(O)C(F)(F)F. The van der Waals surface area contributed by atoms with E-state index in [1.165, 1.54) is 13.0 Å². The van der Waals surface area contributed by atoms with E-state index in [1.807, 2.05) is 0 Å². The molecule has 0 spiro atoms. The molecular formula is C24H24F9N5O6. The maximum atomic E-state index is 13.5. The second-order valence-electron chi connectivity index (χ2n) is 9.67. The second kappa shape index (κ2) is 12.4. The van der Waals surface area contributed by atoms with Gasteiger partial charge in [-0.15, -0.1) is 0 Å². The summed E-state index contributed by atoms with van der Waals surface area (Å²) in [6.07, 6.45) is -15.9. The van der Waals surface area contributed by atoms with E-state index in [-0.39, 0.29) is 29.9 Å². The van der Waals surface area contributed by atoms with Crippen molar-refractivity contribution < 1.29 is 69.2 Å². The van der Waals surface area contributed by atoms with Gasteiger partial charge in [-0.2, -0.15) is 39.5 Å². The highest BCUT2D eigenvalue weighted by Crippen LogP contribution is 2.42. The molecule has 2 aromatic rings. The molecule has 244 valence electrons. The Labute approximate surface area is 241 Å². The summed E-state index contributed by atoms with van der Waals surface area (Å²) in [5.41, 5.74) is 2.56. The normalized spacial score (nSPS) is 20.5. The number of hydrogen-bond donors (Lipinski definition) is 6. The van der Waals surface area contributed by atoms with Crippen LogP contribution in [0.5, 0.6) is 0 Å². The van der Waals surface area contributed by atoms with E-state index in [0.29, 0.717) is 5.56 Å². The third kappa shape index (κ3) is 7.65. The molecule has 1 aliphatic rings. The van der Waals surface area contributed by atoms with Crippen molar-refractivity contribution in [2.24, 2.45) is 5.73 Å². The number of hydrogen-bond acceptors (Lipinski definition) is 8. The van der Waals surface area contributed by atoms with Crippen molar-refractivity contribution in [1.82, 2.24) is 15.3 Å². The van der Waals surface area contributed by atoms with Gasteiger partial charge in [0.2, 0.25) is 0 Å². The number of primary amides is 1. The summed E-state index contributed by atoms with van der Waals surface area (Å²) < 4.78 is 111. The highest BCUT2D eigenvalue weighted by molar-refractivity contribution is 5.97. The topological polar surface area (TPSA) is 202 Å². The van der Waals surface area contributed by atoms with Crippen molar-refractivity contribution in [3.63, 3.8) is 0 Å². The second-order valence-corrected chi connectivity index (χ2v) is 9.67. The number of nitrogens with zero attached hydrogens (tertiary/aromatic N) is 2. The lowest BCUT2D eigenvalue weighted by Gasteiger charge is -2.37. The Morgan fingerprint density at radius 1 is 1.02 bits per heavy atom. The van der Waals surface area contributed by atoms with E-state index in [9.17, 15) is 59.3 Å². The standard InChI is InChI=1S/C22H23F6N5O4.C2HF3O2/c1-10-2-3-11(20(37,18(30)35)22(26,27)28)8-13(10)14-9-31-16(29)15(33-14)17(34)32-12-4-6-19(36,7-5-12)21(23,24)25;3-2(4,5)1(6)7/h2-3,8-9,12,36-37H,4-7H2,1H3,(H2,29,31)(H2,30,35)(H,32,34);(H,6,7). The summed E-state index contributed by atoms with van der Waals surface area (Å²) in [5.74, 6) is -6.07. The number of rotatable bonds is 5. The van der Waals surface area contributed by atoms with Gasteiger partial charge in [0.15, 0.2) is 17.1 Å². The molecule has 1 aromatic carbocycles. The maximum Gasteiger partial charge on any atom is 0.490 e. The zero-order valence-electron chi connectivity index (χ0n) is 22.2. The molecule has 1 aromatic heterocycles. The number of amides is 2. The van der Waals surface area contributed by atoms with E-state index in [2.05, 4.69) is 15.3 Å². The molecule has 11 nitrogen and oxygen atoms in total. The number of anilines is 1. The zero-order chi connectivity index (χ0) is 34.1. The minimum Gasteiger partial charge on any atom is -0.475 e. The number of carbonyl (C=O) groups excluding carboxylic acids is 2. The zero-order valence-corrected chi connectivity index (χ0v) is 22.2. The average molecular weight is 649 g/mol. The number of aliphatic carboxylic acids is 1. The van der Waals surface area contributed by atoms with Crippen molar-refractivity contribution in [2.75, 3.05) is 5.73 Å². The average Bonchev–Trinajstić information content (AvgIpc) is 2.88. The summed E-state index contributed by atoms with van der Waals surface area (Å²) in [7, 11) is 0. The van der Waals surface area contributed by atoms with Crippen LogP contribution in [0.3, 0.4) is 0 Å². The Morgan fingerprint density at radius 2 is 1.55 bits per heavy atom. The van der Waals surface area contributed by atoms with E-state index in [0.717, 1.165) is 18.3 Å². The van der Waals surface area contributed by atoms with Crippen LogP contribution >= 0.6 is 0 Å². The smallest absolute Gasteiger partial charge is 0.475 e. The largest absolute Gasteiger partial charge is 0.490 e. The molecule has 0 bridgehead atoms. The first-order valence-corrected chi connectivity index (χ1v) is 12.1. The van der Waals surface area contributed by atoms with Crippen molar-refractivity contribution in [2.45, 2.75) is 68.4 Å². The van der Waals surface area contributed by atoms with Crippen molar-refractivity contribution >= 4 is 23.6 Å². The Hall–Kier alpha value is -4.20. The molecule has 2 amide bonds. The molecule has 1 aliphatic carbocycles. The Kier molecular flexibility index (Phi) is 10.2. The van der Waals surface area contributed by atoms with E-state index >= 15 is 0 Å². The number of carboxylic acids is 1. The number of aromatic nitrogens is 2.